The Hall–Kier alpha value is -1.39. The second-order valence-corrected chi connectivity index (χ2v) is 6.73. The van der Waals surface area contributed by atoms with Crippen LogP contribution >= 0.6 is 35.6 Å². The number of aliphatic imine (C=N–C) groups is 1. The van der Waals surface area contributed by atoms with Gasteiger partial charge in [0.2, 0.25) is 5.89 Å². The summed E-state index contributed by atoms with van der Waals surface area (Å²) in [5.41, 5.74) is 1.25. The summed E-state index contributed by atoms with van der Waals surface area (Å²) in [5, 5.41) is 8.05. The van der Waals surface area contributed by atoms with Gasteiger partial charge in [-0.25, -0.2) is 4.99 Å². The molecular weight excluding hydrogens is 479 g/mol. The molecular formula is C18H26ClIN6O. The normalized spacial score (nSPS) is 15.5. The van der Waals surface area contributed by atoms with Crippen molar-refractivity contribution in [1.29, 1.82) is 0 Å². The van der Waals surface area contributed by atoms with Gasteiger partial charge < -0.3 is 14.7 Å². The van der Waals surface area contributed by atoms with Gasteiger partial charge in [0.15, 0.2) is 11.8 Å². The van der Waals surface area contributed by atoms with E-state index in [1.54, 1.807) is 6.92 Å². The molecule has 148 valence electrons. The zero-order valence-corrected chi connectivity index (χ0v) is 18.8. The Bertz CT molecular complexity index is 745. The number of aromatic nitrogens is 2. The van der Waals surface area contributed by atoms with Gasteiger partial charge in [0.25, 0.3) is 0 Å². The van der Waals surface area contributed by atoms with Crippen LogP contribution in [-0.4, -0.2) is 58.6 Å². The Morgan fingerprint density at radius 1 is 1.30 bits per heavy atom. The minimum Gasteiger partial charge on any atom is -0.357 e. The first-order valence-electron chi connectivity index (χ1n) is 8.93. The van der Waals surface area contributed by atoms with Gasteiger partial charge in [0.05, 0.1) is 0 Å². The van der Waals surface area contributed by atoms with Crippen LogP contribution in [0.5, 0.6) is 0 Å². The highest BCUT2D eigenvalue weighted by molar-refractivity contribution is 14.0. The smallest absolute Gasteiger partial charge is 0.223 e. The molecule has 2 aromatic rings. The van der Waals surface area contributed by atoms with Gasteiger partial charge in [-0.05, 0) is 24.6 Å². The monoisotopic (exact) mass is 504 g/mol. The zero-order valence-electron chi connectivity index (χ0n) is 15.7. The molecule has 1 aromatic carbocycles. The molecule has 27 heavy (non-hydrogen) atoms. The van der Waals surface area contributed by atoms with Crippen LogP contribution in [0.4, 0.5) is 0 Å². The summed E-state index contributed by atoms with van der Waals surface area (Å²) in [5.74, 6) is 2.07. The molecule has 1 aromatic heterocycles. The molecule has 0 unspecified atom stereocenters. The van der Waals surface area contributed by atoms with Crippen molar-refractivity contribution in [3.63, 3.8) is 0 Å². The van der Waals surface area contributed by atoms with Crippen molar-refractivity contribution in [2.45, 2.75) is 26.9 Å². The summed E-state index contributed by atoms with van der Waals surface area (Å²) < 4.78 is 5.00. The molecule has 9 heteroatoms. The van der Waals surface area contributed by atoms with Crippen molar-refractivity contribution < 1.29 is 4.52 Å². The average molecular weight is 505 g/mol. The van der Waals surface area contributed by atoms with Gasteiger partial charge in [0.1, 0.15) is 6.54 Å². The number of nitrogens with one attached hydrogen (secondary N) is 1. The predicted molar refractivity (Wildman–Crippen MR) is 118 cm³/mol. The lowest BCUT2D eigenvalue weighted by Crippen LogP contribution is -2.52. The number of guanidine groups is 1. The largest absolute Gasteiger partial charge is 0.357 e. The van der Waals surface area contributed by atoms with E-state index in [2.05, 4.69) is 43.2 Å². The number of nitrogens with zero attached hydrogens (tertiary/aromatic N) is 5. The van der Waals surface area contributed by atoms with E-state index in [-0.39, 0.29) is 24.0 Å². The molecule has 3 rings (SSSR count). The van der Waals surface area contributed by atoms with Crippen molar-refractivity contribution in [1.82, 2.24) is 25.3 Å². The molecule has 0 atom stereocenters. The highest BCUT2D eigenvalue weighted by atomic mass is 127. The predicted octanol–water partition coefficient (Wildman–Crippen LogP) is 2.93. The molecule has 1 aliphatic rings. The maximum absolute atomic E-state index is 6.08. The lowest BCUT2D eigenvalue weighted by molar-refractivity contribution is 0.172. The molecule has 1 saturated heterocycles. The van der Waals surface area contributed by atoms with Crippen LogP contribution < -0.4 is 5.32 Å². The van der Waals surface area contributed by atoms with Crippen LogP contribution in [0.15, 0.2) is 33.8 Å². The molecule has 1 N–H and O–H groups in total. The molecule has 0 saturated carbocycles. The van der Waals surface area contributed by atoms with Crippen LogP contribution in [0.3, 0.4) is 0 Å². The third-order valence-electron chi connectivity index (χ3n) is 4.24. The van der Waals surface area contributed by atoms with Crippen molar-refractivity contribution in [3.8, 4) is 0 Å². The molecule has 2 heterocycles. The van der Waals surface area contributed by atoms with E-state index in [4.69, 9.17) is 16.1 Å². The Balaban J connectivity index is 0.00000261. The van der Waals surface area contributed by atoms with Gasteiger partial charge in [-0.2, -0.15) is 4.98 Å². The van der Waals surface area contributed by atoms with E-state index >= 15 is 0 Å². The number of hydrogen-bond donors (Lipinski definition) is 1. The first kappa shape index (κ1) is 21.9. The van der Waals surface area contributed by atoms with Gasteiger partial charge in [0, 0.05) is 51.2 Å². The number of aryl methyl sites for hydroxylation is 1. The number of halogens is 2. The SMILES string of the molecule is CCNC(=NCc1noc(C)n1)N1CCN(Cc2cccc(Cl)c2)CC1.I. The van der Waals surface area contributed by atoms with E-state index in [0.717, 1.165) is 50.3 Å². The Morgan fingerprint density at radius 2 is 2.07 bits per heavy atom. The van der Waals surface area contributed by atoms with Crippen molar-refractivity contribution in [2.75, 3.05) is 32.7 Å². The number of rotatable bonds is 5. The summed E-state index contributed by atoms with van der Waals surface area (Å²) in [6, 6.07) is 8.07. The van der Waals surface area contributed by atoms with E-state index in [1.807, 2.05) is 18.2 Å². The van der Waals surface area contributed by atoms with E-state index in [1.165, 1.54) is 5.56 Å². The summed E-state index contributed by atoms with van der Waals surface area (Å²) in [6.45, 7) is 9.85. The summed E-state index contributed by atoms with van der Waals surface area (Å²) >= 11 is 6.08. The summed E-state index contributed by atoms with van der Waals surface area (Å²) in [4.78, 5) is 13.6. The first-order chi connectivity index (χ1) is 12.6. The van der Waals surface area contributed by atoms with Crippen LogP contribution in [0, 0.1) is 6.92 Å². The van der Waals surface area contributed by atoms with E-state index in [9.17, 15) is 0 Å². The van der Waals surface area contributed by atoms with Crippen LogP contribution in [0.2, 0.25) is 5.02 Å². The van der Waals surface area contributed by atoms with E-state index < -0.39 is 0 Å². The van der Waals surface area contributed by atoms with Gasteiger partial charge in [-0.3, -0.25) is 4.90 Å². The fraction of sp³-hybridized carbons (Fsp3) is 0.500. The lowest BCUT2D eigenvalue weighted by Gasteiger charge is -2.36. The molecule has 0 aliphatic carbocycles. The second-order valence-electron chi connectivity index (χ2n) is 6.29. The molecule has 0 bridgehead atoms. The second kappa shape index (κ2) is 10.8. The Morgan fingerprint density at radius 3 is 2.70 bits per heavy atom. The molecule has 1 aliphatic heterocycles. The lowest BCUT2D eigenvalue weighted by atomic mass is 10.2. The van der Waals surface area contributed by atoms with Gasteiger partial charge >= 0.3 is 0 Å². The van der Waals surface area contributed by atoms with Gasteiger partial charge in [-0.1, -0.05) is 28.9 Å². The van der Waals surface area contributed by atoms with Crippen molar-refractivity contribution in [2.24, 2.45) is 4.99 Å². The molecule has 7 nitrogen and oxygen atoms in total. The number of piperazine rings is 1. The highest BCUT2D eigenvalue weighted by Crippen LogP contribution is 2.14. The minimum absolute atomic E-state index is 0. The Labute approximate surface area is 182 Å². The standard InChI is InChI=1S/C18H25ClN6O.HI/c1-3-20-18(21-12-17-22-14(2)26-23-17)25-9-7-24(8-10-25)13-15-5-4-6-16(19)11-15;/h4-6,11H,3,7-10,12-13H2,1-2H3,(H,20,21);1H. The van der Waals surface area contributed by atoms with Crippen LogP contribution in [0.25, 0.3) is 0 Å². The molecule has 1 fully saturated rings. The highest BCUT2D eigenvalue weighted by Gasteiger charge is 2.20. The van der Waals surface area contributed by atoms with Crippen LogP contribution in [0.1, 0.15) is 24.2 Å². The number of benzene rings is 1. The van der Waals surface area contributed by atoms with E-state index in [0.29, 0.717) is 18.3 Å². The molecule has 0 radical (unpaired) electrons. The fourth-order valence-corrected chi connectivity index (χ4v) is 3.20. The molecule has 0 spiro atoms. The summed E-state index contributed by atoms with van der Waals surface area (Å²) in [7, 11) is 0. The minimum atomic E-state index is 0. The maximum atomic E-state index is 6.08. The number of hydrogen-bond acceptors (Lipinski definition) is 5. The Kier molecular flexibility index (Phi) is 8.78. The topological polar surface area (TPSA) is 69.8 Å². The third kappa shape index (κ3) is 6.62. The maximum Gasteiger partial charge on any atom is 0.223 e. The molecule has 0 amide bonds. The summed E-state index contributed by atoms with van der Waals surface area (Å²) in [6.07, 6.45) is 0. The van der Waals surface area contributed by atoms with Crippen molar-refractivity contribution >= 4 is 41.5 Å². The zero-order chi connectivity index (χ0) is 18.4. The quantitative estimate of drug-likeness (QED) is 0.384. The fourth-order valence-electron chi connectivity index (χ4n) is 2.99. The average Bonchev–Trinajstić information content (AvgIpc) is 3.05. The van der Waals surface area contributed by atoms with Gasteiger partial charge in [-0.15, -0.1) is 24.0 Å². The first-order valence-corrected chi connectivity index (χ1v) is 9.31. The van der Waals surface area contributed by atoms with Crippen molar-refractivity contribution in [3.05, 3.63) is 46.6 Å². The van der Waals surface area contributed by atoms with Crippen LogP contribution in [-0.2, 0) is 13.1 Å². The third-order valence-corrected chi connectivity index (χ3v) is 4.48.